The summed E-state index contributed by atoms with van der Waals surface area (Å²) < 4.78 is 0. The van der Waals surface area contributed by atoms with Crippen LogP contribution in [0.15, 0.2) is 53.5 Å². The minimum Gasteiger partial charge on any atom is -0.251 e. The van der Waals surface area contributed by atoms with Gasteiger partial charge in [-0.1, -0.05) is 88.4 Å². The summed E-state index contributed by atoms with van der Waals surface area (Å²) in [4.78, 5) is 10.3. The van der Waals surface area contributed by atoms with Gasteiger partial charge in [0.25, 0.3) is 0 Å². The molecule has 2 saturated carbocycles. The van der Waals surface area contributed by atoms with Crippen molar-refractivity contribution in [3.05, 3.63) is 65.4 Å². The van der Waals surface area contributed by atoms with Crippen LogP contribution in [0.1, 0.15) is 88.0 Å². The molecule has 1 heterocycles. The molecular formula is C31H39N2P. The number of benzene rings is 2. The van der Waals surface area contributed by atoms with Gasteiger partial charge in [0.05, 0.1) is 22.6 Å². The van der Waals surface area contributed by atoms with E-state index >= 15 is 0 Å². The van der Waals surface area contributed by atoms with E-state index in [0.717, 1.165) is 28.4 Å². The number of rotatable bonds is 5. The Labute approximate surface area is 207 Å². The summed E-state index contributed by atoms with van der Waals surface area (Å²) in [5.74, 6) is 0. The second kappa shape index (κ2) is 10.7. The van der Waals surface area contributed by atoms with Crippen molar-refractivity contribution in [3.63, 3.8) is 0 Å². The standard InChI is InChI=1S/C31H39N2P/c1-22-17-19-28(23(2)21-22)32-24(3)29-20-18-25-11-10-16-30(31(25)33-29)34(26-12-6-4-7-13-26)27-14-8-5-9-15-27/h10-11,16-21,26-27H,4-9,12-15H2,1-3H3. The summed E-state index contributed by atoms with van der Waals surface area (Å²) in [7, 11) is -0.183. The third kappa shape index (κ3) is 5.13. The van der Waals surface area contributed by atoms with Gasteiger partial charge in [0, 0.05) is 10.7 Å². The Balaban J connectivity index is 1.56. The van der Waals surface area contributed by atoms with Crippen molar-refractivity contribution in [1.29, 1.82) is 0 Å². The molecule has 0 saturated heterocycles. The molecule has 0 aliphatic heterocycles. The molecule has 1 aromatic heterocycles. The summed E-state index contributed by atoms with van der Waals surface area (Å²) in [6.07, 6.45) is 14.2. The lowest BCUT2D eigenvalue weighted by atomic mass is 9.99. The number of nitrogens with zero attached hydrogens (tertiary/aromatic N) is 2. The van der Waals surface area contributed by atoms with Gasteiger partial charge in [-0.2, -0.15) is 0 Å². The van der Waals surface area contributed by atoms with Crippen LogP contribution in [0, 0.1) is 13.8 Å². The molecular weight excluding hydrogens is 431 g/mol. The lowest BCUT2D eigenvalue weighted by molar-refractivity contribution is 0.487. The zero-order valence-electron chi connectivity index (χ0n) is 21.2. The molecule has 0 atom stereocenters. The highest BCUT2D eigenvalue weighted by molar-refractivity contribution is 7.67. The fraction of sp³-hybridized carbons (Fsp3) is 0.484. The third-order valence-electron chi connectivity index (χ3n) is 7.92. The van der Waals surface area contributed by atoms with Crippen molar-refractivity contribution < 1.29 is 0 Å². The van der Waals surface area contributed by atoms with Gasteiger partial charge in [0.15, 0.2) is 0 Å². The SMILES string of the molecule is CC(=Nc1ccc(C)cc1C)c1ccc2cccc(P(C3CCCCC3)C3CCCCC3)c2n1. The zero-order valence-corrected chi connectivity index (χ0v) is 22.1. The third-order valence-corrected chi connectivity index (χ3v) is 11.4. The Kier molecular flexibility index (Phi) is 7.45. The van der Waals surface area contributed by atoms with E-state index in [4.69, 9.17) is 9.98 Å². The van der Waals surface area contributed by atoms with Gasteiger partial charge in [0.1, 0.15) is 0 Å². The largest absolute Gasteiger partial charge is 0.251 e. The maximum atomic E-state index is 5.31. The smallest absolute Gasteiger partial charge is 0.0849 e. The van der Waals surface area contributed by atoms with Gasteiger partial charge in [-0.25, -0.2) is 4.98 Å². The second-order valence-electron chi connectivity index (χ2n) is 10.5. The number of aromatic nitrogens is 1. The number of aryl methyl sites for hydroxylation is 2. The minimum atomic E-state index is -0.183. The molecule has 2 aliphatic carbocycles. The van der Waals surface area contributed by atoms with Crippen LogP contribution in [-0.4, -0.2) is 22.0 Å². The van der Waals surface area contributed by atoms with Crippen molar-refractivity contribution in [2.45, 2.75) is 96.3 Å². The van der Waals surface area contributed by atoms with Crippen LogP contribution in [0.25, 0.3) is 10.9 Å². The van der Waals surface area contributed by atoms with Crippen molar-refractivity contribution in [2.75, 3.05) is 0 Å². The number of pyridine rings is 1. The first-order valence-electron chi connectivity index (χ1n) is 13.4. The number of fused-ring (bicyclic) bond motifs is 1. The van der Waals surface area contributed by atoms with Crippen LogP contribution in [0.3, 0.4) is 0 Å². The summed E-state index contributed by atoms with van der Waals surface area (Å²) >= 11 is 0. The maximum Gasteiger partial charge on any atom is 0.0849 e. The summed E-state index contributed by atoms with van der Waals surface area (Å²) in [5, 5.41) is 2.87. The van der Waals surface area contributed by atoms with E-state index in [1.54, 1.807) is 5.30 Å². The first-order valence-corrected chi connectivity index (χ1v) is 14.9. The molecule has 0 unspecified atom stereocenters. The normalized spacial score (nSPS) is 18.6. The predicted molar refractivity (Wildman–Crippen MR) is 150 cm³/mol. The molecule has 3 heteroatoms. The quantitative estimate of drug-likeness (QED) is 0.270. The van der Waals surface area contributed by atoms with E-state index in [9.17, 15) is 0 Å². The van der Waals surface area contributed by atoms with Gasteiger partial charge < -0.3 is 0 Å². The summed E-state index contributed by atoms with van der Waals surface area (Å²) in [6.45, 7) is 6.39. The summed E-state index contributed by atoms with van der Waals surface area (Å²) in [6, 6.07) is 17.9. The average Bonchev–Trinajstić information content (AvgIpc) is 2.87. The van der Waals surface area contributed by atoms with E-state index < -0.39 is 0 Å². The zero-order chi connectivity index (χ0) is 23.5. The fourth-order valence-electron chi connectivity index (χ4n) is 6.12. The molecule has 5 rings (SSSR count). The molecule has 0 bridgehead atoms. The monoisotopic (exact) mass is 470 g/mol. The molecule has 0 amide bonds. The molecule has 2 aromatic carbocycles. The predicted octanol–water partition coefficient (Wildman–Crippen LogP) is 8.76. The lowest BCUT2D eigenvalue weighted by Crippen LogP contribution is -2.27. The van der Waals surface area contributed by atoms with E-state index in [-0.39, 0.29) is 7.92 Å². The molecule has 2 nitrogen and oxygen atoms in total. The first-order chi connectivity index (χ1) is 16.6. The number of hydrogen-bond donors (Lipinski definition) is 0. The van der Waals surface area contributed by atoms with Crippen molar-refractivity contribution in [3.8, 4) is 0 Å². The Hall–Kier alpha value is -2.05. The maximum absolute atomic E-state index is 5.31. The molecule has 0 radical (unpaired) electrons. The molecule has 0 spiro atoms. The number of para-hydroxylation sites is 1. The van der Waals surface area contributed by atoms with Gasteiger partial charge in [-0.3, -0.25) is 4.99 Å². The first kappa shape index (κ1) is 23.7. The molecule has 178 valence electrons. The highest BCUT2D eigenvalue weighted by atomic mass is 31.1. The van der Waals surface area contributed by atoms with Crippen LogP contribution in [-0.2, 0) is 0 Å². The van der Waals surface area contributed by atoms with Crippen molar-refractivity contribution in [2.24, 2.45) is 4.99 Å². The fourth-order valence-corrected chi connectivity index (χ4v) is 10.0. The van der Waals surface area contributed by atoms with Crippen molar-refractivity contribution in [1.82, 2.24) is 4.98 Å². The summed E-state index contributed by atoms with van der Waals surface area (Å²) in [5.41, 5.74) is 8.58. The van der Waals surface area contributed by atoms with E-state index in [0.29, 0.717) is 0 Å². The van der Waals surface area contributed by atoms with Gasteiger partial charge >= 0.3 is 0 Å². The highest BCUT2D eigenvalue weighted by Gasteiger charge is 2.33. The molecule has 2 fully saturated rings. The minimum absolute atomic E-state index is 0.183. The topological polar surface area (TPSA) is 25.2 Å². The van der Waals surface area contributed by atoms with Crippen LogP contribution in [0.4, 0.5) is 5.69 Å². The number of hydrogen-bond acceptors (Lipinski definition) is 2. The van der Waals surface area contributed by atoms with Crippen LogP contribution in [0.5, 0.6) is 0 Å². The van der Waals surface area contributed by atoms with E-state index in [1.165, 1.54) is 86.2 Å². The van der Waals surface area contributed by atoms with Crippen molar-refractivity contribution >= 4 is 35.5 Å². The van der Waals surface area contributed by atoms with E-state index in [1.807, 2.05) is 0 Å². The Bertz CT molecular complexity index is 1150. The van der Waals surface area contributed by atoms with Crippen LogP contribution in [0.2, 0.25) is 0 Å². The molecule has 3 aromatic rings. The Morgan fingerprint density at radius 1 is 0.824 bits per heavy atom. The van der Waals surface area contributed by atoms with Gasteiger partial charge in [-0.05, 0) is 75.5 Å². The Morgan fingerprint density at radius 3 is 2.15 bits per heavy atom. The number of aliphatic imine (C=N–C) groups is 1. The molecule has 34 heavy (non-hydrogen) atoms. The van der Waals surface area contributed by atoms with Gasteiger partial charge in [-0.15, -0.1) is 0 Å². The van der Waals surface area contributed by atoms with Crippen LogP contribution < -0.4 is 5.30 Å². The highest BCUT2D eigenvalue weighted by Crippen LogP contribution is 2.55. The van der Waals surface area contributed by atoms with Crippen LogP contribution >= 0.6 is 7.92 Å². The van der Waals surface area contributed by atoms with E-state index in [2.05, 4.69) is 69.3 Å². The Morgan fingerprint density at radius 2 is 1.50 bits per heavy atom. The lowest BCUT2D eigenvalue weighted by Gasteiger charge is -2.39. The average molecular weight is 471 g/mol. The molecule has 2 aliphatic rings. The molecule has 0 N–H and O–H groups in total. The van der Waals surface area contributed by atoms with Gasteiger partial charge in [0.2, 0.25) is 0 Å². The second-order valence-corrected chi connectivity index (χ2v) is 13.3.